The van der Waals surface area contributed by atoms with Crippen LogP contribution in [-0.4, -0.2) is 10.1 Å². The molecule has 2 rings (SSSR count). The van der Waals surface area contributed by atoms with Gasteiger partial charge in [0.25, 0.3) is 0 Å². The Labute approximate surface area is 109 Å². The van der Waals surface area contributed by atoms with Crippen LogP contribution >= 0.6 is 15.9 Å². The highest BCUT2D eigenvalue weighted by atomic mass is 79.9. The zero-order valence-electron chi connectivity index (χ0n) is 9.60. The van der Waals surface area contributed by atoms with E-state index in [1.165, 1.54) is 0 Å². The first-order chi connectivity index (χ1) is 8.09. The van der Waals surface area contributed by atoms with Crippen molar-refractivity contribution in [3.8, 4) is 0 Å². The molecular weight excluding hydrogens is 278 g/mol. The summed E-state index contributed by atoms with van der Waals surface area (Å²) in [6, 6.07) is 11.6. The molecule has 88 valence electrons. The minimum absolute atomic E-state index is 0.568. The van der Waals surface area contributed by atoms with E-state index in [-0.39, 0.29) is 0 Å². The summed E-state index contributed by atoms with van der Waals surface area (Å²) in [6.07, 6.45) is 4.05. The standard InChI is InChI=1S/C14H14BrNO/c1-14(17,10-11-6-8-16-9-7-11)12-4-2-3-5-13(12)15/h2-9,17H,10H2,1H3. The maximum absolute atomic E-state index is 10.6. The fourth-order valence-corrected chi connectivity index (χ4v) is 2.60. The summed E-state index contributed by atoms with van der Waals surface area (Å²) in [7, 11) is 0. The largest absolute Gasteiger partial charge is 0.385 e. The molecular formula is C14H14BrNO. The highest BCUT2D eigenvalue weighted by Crippen LogP contribution is 2.30. The third kappa shape index (κ3) is 2.93. The fraction of sp³-hybridized carbons (Fsp3) is 0.214. The second-order valence-electron chi connectivity index (χ2n) is 4.29. The lowest BCUT2D eigenvalue weighted by Crippen LogP contribution is -2.24. The molecule has 0 saturated heterocycles. The van der Waals surface area contributed by atoms with Crippen LogP contribution in [-0.2, 0) is 12.0 Å². The lowest BCUT2D eigenvalue weighted by molar-refractivity contribution is 0.0568. The van der Waals surface area contributed by atoms with Crippen molar-refractivity contribution in [2.45, 2.75) is 18.9 Å². The van der Waals surface area contributed by atoms with Gasteiger partial charge in [-0.15, -0.1) is 0 Å². The second-order valence-corrected chi connectivity index (χ2v) is 5.14. The van der Waals surface area contributed by atoms with Crippen molar-refractivity contribution in [1.82, 2.24) is 4.98 Å². The Balaban J connectivity index is 2.28. The van der Waals surface area contributed by atoms with Crippen LogP contribution in [0.3, 0.4) is 0 Å². The van der Waals surface area contributed by atoms with Crippen LogP contribution in [0.5, 0.6) is 0 Å². The van der Waals surface area contributed by atoms with Gasteiger partial charge in [-0.25, -0.2) is 0 Å². The van der Waals surface area contributed by atoms with Gasteiger partial charge in [0.05, 0.1) is 5.60 Å². The normalized spacial score (nSPS) is 14.3. The van der Waals surface area contributed by atoms with Gasteiger partial charge in [-0.2, -0.15) is 0 Å². The monoisotopic (exact) mass is 291 g/mol. The number of hydrogen-bond acceptors (Lipinski definition) is 2. The average Bonchev–Trinajstić information content (AvgIpc) is 2.30. The summed E-state index contributed by atoms with van der Waals surface area (Å²) in [5, 5.41) is 10.6. The molecule has 1 N–H and O–H groups in total. The van der Waals surface area contributed by atoms with Gasteiger partial charge >= 0.3 is 0 Å². The van der Waals surface area contributed by atoms with Crippen LogP contribution in [0.25, 0.3) is 0 Å². The number of aromatic nitrogens is 1. The van der Waals surface area contributed by atoms with E-state index >= 15 is 0 Å². The minimum Gasteiger partial charge on any atom is -0.385 e. The van der Waals surface area contributed by atoms with Crippen molar-refractivity contribution in [2.75, 3.05) is 0 Å². The van der Waals surface area contributed by atoms with E-state index in [1.807, 2.05) is 43.3 Å². The Bertz CT molecular complexity index is 497. The number of aliphatic hydroxyl groups is 1. The van der Waals surface area contributed by atoms with E-state index in [4.69, 9.17) is 0 Å². The molecule has 1 heterocycles. The number of halogens is 1. The first-order valence-electron chi connectivity index (χ1n) is 5.46. The van der Waals surface area contributed by atoms with Crippen molar-refractivity contribution < 1.29 is 5.11 Å². The Kier molecular flexibility index (Phi) is 3.60. The third-order valence-electron chi connectivity index (χ3n) is 2.75. The fourth-order valence-electron chi connectivity index (χ4n) is 1.89. The molecule has 3 heteroatoms. The zero-order chi connectivity index (χ0) is 12.3. The molecule has 0 aliphatic heterocycles. The second kappa shape index (κ2) is 4.98. The molecule has 1 atom stereocenters. The van der Waals surface area contributed by atoms with E-state index in [9.17, 15) is 5.11 Å². The smallest absolute Gasteiger partial charge is 0.0919 e. The SMILES string of the molecule is CC(O)(Cc1ccncc1)c1ccccc1Br. The van der Waals surface area contributed by atoms with Crippen molar-refractivity contribution >= 4 is 15.9 Å². The maximum atomic E-state index is 10.6. The quantitative estimate of drug-likeness (QED) is 0.941. The molecule has 1 aromatic heterocycles. The molecule has 0 bridgehead atoms. The van der Waals surface area contributed by atoms with Crippen molar-refractivity contribution in [2.24, 2.45) is 0 Å². The zero-order valence-corrected chi connectivity index (χ0v) is 11.2. The number of pyridine rings is 1. The van der Waals surface area contributed by atoms with Gasteiger partial charge in [0, 0.05) is 23.3 Å². The van der Waals surface area contributed by atoms with E-state index in [0.29, 0.717) is 6.42 Å². The molecule has 0 amide bonds. The van der Waals surface area contributed by atoms with Gasteiger partial charge in [0.1, 0.15) is 0 Å². The molecule has 0 spiro atoms. The van der Waals surface area contributed by atoms with E-state index in [1.54, 1.807) is 12.4 Å². The molecule has 0 aliphatic carbocycles. The van der Waals surface area contributed by atoms with Gasteiger partial charge in [0.15, 0.2) is 0 Å². The number of nitrogens with zero attached hydrogens (tertiary/aromatic N) is 1. The van der Waals surface area contributed by atoms with Crippen LogP contribution in [0, 0.1) is 0 Å². The summed E-state index contributed by atoms with van der Waals surface area (Å²) in [4.78, 5) is 3.97. The van der Waals surface area contributed by atoms with Gasteiger partial charge in [0.2, 0.25) is 0 Å². The lowest BCUT2D eigenvalue weighted by atomic mass is 9.89. The van der Waals surface area contributed by atoms with E-state index in [0.717, 1.165) is 15.6 Å². The summed E-state index contributed by atoms with van der Waals surface area (Å²) in [5.41, 5.74) is 1.08. The number of rotatable bonds is 3. The predicted octanol–water partition coefficient (Wildman–Crippen LogP) is 3.29. The van der Waals surface area contributed by atoms with E-state index in [2.05, 4.69) is 20.9 Å². The molecule has 17 heavy (non-hydrogen) atoms. The lowest BCUT2D eigenvalue weighted by Gasteiger charge is -2.25. The Morgan fingerprint density at radius 2 is 1.82 bits per heavy atom. The highest BCUT2D eigenvalue weighted by molar-refractivity contribution is 9.10. The van der Waals surface area contributed by atoms with Gasteiger partial charge in [-0.05, 0) is 36.2 Å². The third-order valence-corrected chi connectivity index (χ3v) is 3.44. The molecule has 2 aromatic rings. The molecule has 0 fully saturated rings. The summed E-state index contributed by atoms with van der Waals surface area (Å²) in [5.74, 6) is 0. The van der Waals surface area contributed by atoms with Gasteiger partial charge in [-0.3, -0.25) is 4.98 Å². The van der Waals surface area contributed by atoms with Gasteiger partial charge in [-0.1, -0.05) is 34.1 Å². The Hall–Kier alpha value is -1.19. The van der Waals surface area contributed by atoms with Crippen molar-refractivity contribution in [3.05, 3.63) is 64.4 Å². The van der Waals surface area contributed by atoms with E-state index < -0.39 is 5.60 Å². The Morgan fingerprint density at radius 1 is 1.18 bits per heavy atom. The van der Waals surface area contributed by atoms with Crippen LogP contribution in [0.15, 0.2) is 53.3 Å². The summed E-state index contributed by atoms with van der Waals surface area (Å²) in [6.45, 7) is 1.83. The maximum Gasteiger partial charge on any atom is 0.0919 e. The first-order valence-corrected chi connectivity index (χ1v) is 6.25. The van der Waals surface area contributed by atoms with Crippen LogP contribution in [0.2, 0.25) is 0 Å². The Morgan fingerprint density at radius 3 is 2.47 bits per heavy atom. The summed E-state index contributed by atoms with van der Waals surface area (Å²) >= 11 is 3.47. The average molecular weight is 292 g/mol. The van der Waals surface area contributed by atoms with Crippen LogP contribution in [0.4, 0.5) is 0 Å². The van der Waals surface area contributed by atoms with Crippen molar-refractivity contribution in [1.29, 1.82) is 0 Å². The summed E-state index contributed by atoms with van der Waals surface area (Å²) < 4.78 is 0.930. The molecule has 1 aromatic carbocycles. The minimum atomic E-state index is -0.887. The van der Waals surface area contributed by atoms with Crippen molar-refractivity contribution in [3.63, 3.8) is 0 Å². The molecule has 0 radical (unpaired) electrons. The molecule has 2 nitrogen and oxygen atoms in total. The molecule has 0 aliphatic rings. The van der Waals surface area contributed by atoms with Crippen LogP contribution < -0.4 is 0 Å². The predicted molar refractivity (Wildman–Crippen MR) is 71.7 cm³/mol. The number of hydrogen-bond donors (Lipinski definition) is 1. The topological polar surface area (TPSA) is 33.1 Å². The molecule has 1 unspecified atom stereocenters. The van der Waals surface area contributed by atoms with Crippen LogP contribution in [0.1, 0.15) is 18.1 Å². The van der Waals surface area contributed by atoms with Gasteiger partial charge < -0.3 is 5.11 Å². The first kappa shape index (κ1) is 12.3. The number of benzene rings is 1. The molecule has 0 saturated carbocycles. The highest BCUT2D eigenvalue weighted by Gasteiger charge is 2.25.